The molecule has 0 unspecified atom stereocenters. The van der Waals surface area contributed by atoms with Crippen LogP contribution in [-0.2, 0) is 4.74 Å². The van der Waals surface area contributed by atoms with E-state index < -0.39 is 10.9 Å². The van der Waals surface area contributed by atoms with Gasteiger partial charge in [-0.05, 0) is 19.9 Å². The lowest BCUT2D eigenvalue weighted by Gasteiger charge is -2.18. The van der Waals surface area contributed by atoms with Gasteiger partial charge < -0.3 is 9.64 Å². The average Bonchev–Trinajstić information content (AvgIpc) is 2.27. The van der Waals surface area contributed by atoms with Crippen molar-refractivity contribution in [2.75, 3.05) is 25.6 Å². The first-order valence-electron chi connectivity index (χ1n) is 5.63. The predicted octanol–water partition coefficient (Wildman–Crippen LogP) is 2.80. The monoisotopic (exact) mass is 286 g/mol. The van der Waals surface area contributed by atoms with E-state index in [0.717, 1.165) is 0 Å². The third kappa shape index (κ3) is 2.96. The van der Waals surface area contributed by atoms with E-state index in [4.69, 9.17) is 16.3 Å². The van der Waals surface area contributed by atoms with Crippen molar-refractivity contribution < 1.29 is 14.5 Å². The van der Waals surface area contributed by atoms with Crippen LogP contribution in [0, 0.1) is 17.0 Å². The van der Waals surface area contributed by atoms with Crippen LogP contribution in [0.15, 0.2) is 6.07 Å². The summed E-state index contributed by atoms with van der Waals surface area (Å²) in [6.45, 7) is 3.40. The number of nitro groups is 1. The molecule has 0 saturated carbocycles. The van der Waals surface area contributed by atoms with Crippen molar-refractivity contribution in [1.82, 2.24) is 0 Å². The van der Waals surface area contributed by atoms with E-state index in [0.29, 0.717) is 11.3 Å². The lowest BCUT2D eigenvalue weighted by molar-refractivity contribution is -0.385. The number of nitrogens with zero attached hydrogens (tertiary/aromatic N) is 2. The summed E-state index contributed by atoms with van der Waals surface area (Å²) in [6, 6.07) is 1.55. The highest BCUT2D eigenvalue weighted by molar-refractivity contribution is 6.36. The van der Waals surface area contributed by atoms with Crippen LogP contribution in [0.1, 0.15) is 22.8 Å². The van der Waals surface area contributed by atoms with Crippen LogP contribution in [0.2, 0.25) is 5.02 Å². The van der Waals surface area contributed by atoms with Gasteiger partial charge in [0.25, 0.3) is 5.69 Å². The fourth-order valence-corrected chi connectivity index (χ4v) is 2.12. The number of ether oxygens (including phenoxy) is 1. The number of benzene rings is 1. The summed E-state index contributed by atoms with van der Waals surface area (Å²) < 4.78 is 4.90. The first-order chi connectivity index (χ1) is 8.81. The quantitative estimate of drug-likeness (QED) is 0.483. The van der Waals surface area contributed by atoms with Gasteiger partial charge in [-0.25, -0.2) is 4.79 Å². The summed E-state index contributed by atoms with van der Waals surface area (Å²) in [5, 5.41) is 10.8. The van der Waals surface area contributed by atoms with Crippen LogP contribution in [0.3, 0.4) is 0 Å². The Hall–Kier alpha value is -1.82. The Bertz CT molecular complexity index is 529. The van der Waals surface area contributed by atoms with Crippen LogP contribution in [0.4, 0.5) is 11.4 Å². The van der Waals surface area contributed by atoms with Crippen molar-refractivity contribution in [3.63, 3.8) is 0 Å². The molecule has 104 valence electrons. The number of anilines is 1. The fraction of sp³-hybridized carbons (Fsp3) is 0.417. The highest BCUT2D eigenvalue weighted by atomic mass is 35.5. The molecule has 19 heavy (non-hydrogen) atoms. The number of esters is 1. The molecule has 1 aromatic carbocycles. The Labute approximate surface area is 116 Å². The Morgan fingerprint density at radius 3 is 2.53 bits per heavy atom. The zero-order valence-electron chi connectivity index (χ0n) is 11.2. The summed E-state index contributed by atoms with van der Waals surface area (Å²) in [6.07, 6.45) is 0. The molecule has 0 heterocycles. The zero-order chi connectivity index (χ0) is 14.7. The Morgan fingerprint density at radius 1 is 1.53 bits per heavy atom. The molecule has 0 amide bonds. The van der Waals surface area contributed by atoms with Crippen LogP contribution in [0.5, 0.6) is 0 Å². The molecule has 7 heteroatoms. The molecule has 1 aromatic rings. The Morgan fingerprint density at radius 2 is 2.11 bits per heavy atom. The topological polar surface area (TPSA) is 72.7 Å². The number of hydrogen-bond acceptors (Lipinski definition) is 5. The molecule has 0 saturated heterocycles. The number of hydrogen-bond donors (Lipinski definition) is 0. The van der Waals surface area contributed by atoms with E-state index in [2.05, 4.69) is 0 Å². The van der Waals surface area contributed by atoms with Crippen LogP contribution >= 0.6 is 11.6 Å². The van der Waals surface area contributed by atoms with E-state index >= 15 is 0 Å². The van der Waals surface area contributed by atoms with E-state index in [1.807, 2.05) is 0 Å². The van der Waals surface area contributed by atoms with Crippen molar-refractivity contribution in [3.05, 3.63) is 32.3 Å². The Balaban J connectivity index is 3.60. The SMILES string of the molecule is CCOC(=O)c1c(N(C)C)cc(C)c([N+](=O)[O-])c1Cl. The van der Waals surface area contributed by atoms with Crippen molar-refractivity contribution in [3.8, 4) is 0 Å². The van der Waals surface area contributed by atoms with Gasteiger partial charge in [-0.2, -0.15) is 0 Å². The molecule has 1 rings (SSSR count). The summed E-state index contributed by atoms with van der Waals surface area (Å²) >= 11 is 6.02. The number of rotatable bonds is 4. The first kappa shape index (κ1) is 15.2. The Kier molecular flexibility index (Phi) is 4.72. The largest absolute Gasteiger partial charge is 0.462 e. The highest BCUT2D eigenvalue weighted by Crippen LogP contribution is 2.37. The molecule has 0 aliphatic rings. The second kappa shape index (κ2) is 5.88. The van der Waals surface area contributed by atoms with E-state index in [1.165, 1.54) is 0 Å². The van der Waals surface area contributed by atoms with Gasteiger partial charge in [0.1, 0.15) is 10.6 Å². The van der Waals surface area contributed by atoms with Gasteiger partial charge in [0.05, 0.1) is 17.2 Å². The summed E-state index contributed by atoms with van der Waals surface area (Å²) in [7, 11) is 3.44. The van der Waals surface area contributed by atoms with Crippen LogP contribution in [0.25, 0.3) is 0 Å². The van der Waals surface area contributed by atoms with Gasteiger partial charge in [0, 0.05) is 19.7 Å². The smallest absolute Gasteiger partial charge is 0.342 e. The van der Waals surface area contributed by atoms with Gasteiger partial charge >= 0.3 is 5.97 Å². The molecule has 0 fully saturated rings. The van der Waals surface area contributed by atoms with Gasteiger partial charge in [0.2, 0.25) is 0 Å². The molecule has 0 aliphatic carbocycles. The van der Waals surface area contributed by atoms with Crippen molar-refractivity contribution >= 4 is 28.9 Å². The third-order valence-electron chi connectivity index (χ3n) is 2.55. The zero-order valence-corrected chi connectivity index (χ0v) is 11.9. The second-order valence-corrected chi connectivity index (χ2v) is 4.50. The molecule has 0 aliphatic heterocycles. The number of carbonyl (C=O) groups excluding carboxylic acids is 1. The lowest BCUT2D eigenvalue weighted by Crippen LogP contribution is -2.17. The predicted molar refractivity (Wildman–Crippen MR) is 73.1 cm³/mol. The number of halogens is 1. The molecule has 0 atom stereocenters. The van der Waals surface area contributed by atoms with Crippen molar-refractivity contribution in [1.29, 1.82) is 0 Å². The highest BCUT2D eigenvalue weighted by Gasteiger charge is 2.28. The van der Waals surface area contributed by atoms with Gasteiger partial charge in [-0.1, -0.05) is 11.6 Å². The standard InChI is InChI=1S/C12H15ClN2O4/c1-5-19-12(16)9-8(14(3)4)6-7(2)11(10(9)13)15(17)18/h6H,5H2,1-4H3. The number of aryl methyl sites for hydroxylation is 1. The molecule has 0 bridgehead atoms. The maximum Gasteiger partial charge on any atom is 0.342 e. The molecule has 6 nitrogen and oxygen atoms in total. The maximum absolute atomic E-state index is 11.9. The van der Waals surface area contributed by atoms with Crippen molar-refractivity contribution in [2.45, 2.75) is 13.8 Å². The minimum absolute atomic E-state index is 0.0193. The van der Waals surface area contributed by atoms with Gasteiger partial charge in [-0.3, -0.25) is 10.1 Å². The fourth-order valence-electron chi connectivity index (χ4n) is 1.72. The summed E-state index contributed by atoms with van der Waals surface area (Å²) in [5.41, 5.74) is 0.638. The average molecular weight is 287 g/mol. The number of carbonyl (C=O) groups is 1. The van der Waals surface area contributed by atoms with Crippen molar-refractivity contribution in [2.24, 2.45) is 0 Å². The molecule has 0 aromatic heterocycles. The number of nitro benzene ring substituents is 1. The second-order valence-electron chi connectivity index (χ2n) is 4.12. The van der Waals surface area contributed by atoms with Crippen LogP contribution in [-0.4, -0.2) is 31.6 Å². The molecular weight excluding hydrogens is 272 g/mol. The minimum Gasteiger partial charge on any atom is -0.462 e. The first-order valence-corrected chi connectivity index (χ1v) is 6.01. The molecular formula is C12H15ClN2O4. The molecule has 0 spiro atoms. The van der Waals surface area contributed by atoms with E-state index in [9.17, 15) is 14.9 Å². The lowest BCUT2D eigenvalue weighted by atomic mass is 10.1. The van der Waals surface area contributed by atoms with Crippen LogP contribution < -0.4 is 4.90 Å². The normalized spacial score (nSPS) is 10.2. The maximum atomic E-state index is 11.9. The van der Waals surface area contributed by atoms with Gasteiger partial charge in [0.15, 0.2) is 0 Å². The molecule has 0 N–H and O–H groups in total. The van der Waals surface area contributed by atoms with E-state index in [1.54, 1.807) is 38.9 Å². The minimum atomic E-state index is -0.667. The third-order valence-corrected chi connectivity index (χ3v) is 2.92. The van der Waals surface area contributed by atoms with Gasteiger partial charge in [-0.15, -0.1) is 0 Å². The summed E-state index contributed by atoms with van der Waals surface area (Å²) in [5.74, 6) is -0.667. The van der Waals surface area contributed by atoms with E-state index in [-0.39, 0.29) is 22.9 Å². The molecule has 0 radical (unpaired) electrons. The summed E-state index contributed by atoms with van der Waals surface area (Å²) in [4.78, 5) is 24.0.